The van der Waals surface area contributed by atoms with Crippen LogP contribution < -0.4 is 19.5 Å². The van der Waals surface area contributed by atoms with Gasteiger partial charge in [-0.2, -0.15) is 0 Å². The van der Waals surface area contributed by atoms with Crippen molar-refractivity contribution in [1.29, 1.82) is 0 Å². The van der Waals surface area contributed by atoms with Gasteiger partial charge in [0.05, 0.1) is 10.5 Å². The SMILES string of the molecule is O=C(Oc1ccc2c(c1)OCO2)c1ccc(NC2CC2)c([N+](=O)[O-])c1. The molecule has 2 aromatic carbocycles. The Labute approximate surface area is 142 Å². The topological polar surface area (TPSA) is 99.9 Å². The Bertz CT molecular complexity index is 862. The molecule has 0 spiro atoms. The van der Waals surface area contributed by atoms with E-state index in [9.17, 15) is 14.9 Å². The Morgan fingerprint density at radius 3 is 2.72 bits per heavy atom. The Hall–Kier alpha value is -3.29. The lowest BCUT2D eigenvalue weighted by Gasteiger charge is -2.08. The highest BCUT2D eigenvalue weighted by Gasteiger charge is 2.26. The Kier molecular flexibility index (Phi) is 3.64. The molecule has 8 nitrogen and oxygen atoms in total. The van der Waals surface area contributed by atoms with E-state index in [4.69, 9.17) is 14.2 Å². The molecule has 1 N–H and O–H groups in total. The number of rotatable bonds is 5. The van der Waals surface area contributed by atoms with Crippen molar-refractivity contribution >= 4 is 17.3 Å². The normalized spacial score (nSPS) is 14.9. The highest BCUT2D eigenvalue weighted by Crippen LogP contribution is 2.36. The van der Waals surface area contributed by atoms with Gasteiger partial charge in [0.2, 0.25) is 6.79 Å². The van der Waals surface area contributed by atoms with Crippen LogP contribution in [0.5, 0.6) is 17.2 Å². The van der Waals surface area contributed by atoms with Crippen LogP contribution in [0.4, 0.5) is 11.4 Å². The van der Waals surface area contributed by atoms with Gasteiger partial charge in [-0.3, -0.25) is 10.1 Å². The van der Waals surface area contributed by atoms with Crippen molar-refractivity contribution in [3.8, 4) is 17.2 Å². The molecular formula is C17H14N2O6. The summed E-state index contributed by atoms with van der Waals surface area (Å²) in [5.74, 6) is 0.656. The van der Waals surface area contributed by atoms with Gasteiger partial charge in [0.1, 0.15) is 11.4 Å². The molecule has 1 heterocycles. The lowest BCUT2D eigenvalue weighted by atomic mass is 10.1. The molecule has 0 bridgehead atoms. The predicted octanol–water partition coefficient (Wildman–Crippen LogP) is 3.12. The molecule has 25 heavy (non-hydrogen) atoms. The average molecular weight is 342 g/mol. The summed E-state index contributed by atoms with van der Waals surface area (Å²) in [5.41, 5.74) is 0.366. The fourth-order valence-corrected chi connectivity index (χ4v) is 2.49. The number of nitrogens with zero attached hydrogens (tertiary/aromatic N) is 1. The highest BCUT2D eigenvalue weighted by atomic mass is 16.7. The van der Waals surface area contributed by atoms with E-state index in [2.05, 4.69) is 5.32 Å². The molecule has 1 aliphatic heterocycles. The second-order valence-corrected chi connectivity index (χ2v) is 5.81. The first-order valence-corrected chi connectivity index (χ1v) is 7.77. The number of carbonyl (C=O) groups is 1. The van der Waals surface area contributed by atoms with Crippen LogP contribution in [-0.2, 0) is 0 Å². The Balaban J connectivity index is 1.55. The van der Waals surface area contributed by atoms with Crippen LogP contribution in [0.15, 0.2) is 36.4 Å². The van der Waals surface area contributed by atoms with Crippen LogP contribution in [0.25, 0.3) is 0 Å². The molecule has 2 aromatic rings. The summed E-state index contributed by atoms with van der Waals surface area (Å²) in [7, 11) is 0. The maximum atomic E-state index is 12.3. The number of nitrogens with one attached hydrogen (secondary N) is 1. The molecule has 1 fully saturated rings. The van der Waals surface area contributed by atoms with E-state index in [0.717, 1.165) is 12.8 Å². The van der Waals surface area contributed by atoms with Crippen molar-refractivity contribution in [2.45, 2.75) is 18.9 Å². The minimum atomic E-state index is -0.681. The zero-order valence-electron chi connectivity index (χ0n) is 13.1. The average Bonchev–Trinajstić information content (AvgIpc) is 3.29. The van der Waals surface area contributed by atoms with E-state index in [0.29, 0.717) is 17.2 Å². The van der Waals surface area contributed by atoms with Gasteiger partial charge in [0.25, 0.3) is 5.69 Å². The van der Waals surface area contributed by atoms with Gasteiger partial charge in [-0.05, 0) is 37.1 Å². The molecule has 0 atom stereocenters. The summed E-state index contributed by atoms with van der Waals surface area (Å²) in [6.45, 7) is 0.119. The summed E-state index contributed by atoms with van der Waals surface area (Å²) in [5, 5.41) is 14.4. The van der Waals surface area contributed by atoms with Crippen molar-refractivity contribution in [3.05, 3.63) is 52.1 Å². The van der Waals surface area contributed by atoms with E-state index in [1.165, 1.54) is 24.3 Å². The summed E-state index contributed by atoms with van der Waals surface area (Å²) in [6.07, 6.45) is 1.98. The first-order valence-electron chi connectivity index (χ1n) is 7.77. The summed E-state index contributed by atoms with van der Waals surface area (Å²) in [6, 6.07) is 9.28. The minimum Gasteiger partial charge on any atom is -0.454 e. The molecule has 128 valence electrons. The van der Waals surface area contributed by atoms with Crippen molar-refractivity contribution < 1.29 is 23.9 Å². The number of fused-ring (bicyclic) bond motifs is 1. The molecule has 0 amide bonds. The number of hydrogen-bond donors (Lipinski definition) is 1. The number of ether oxygens (including phenoxy) is 3. The fourth-order valence-electron chi connectivity index (χ4n) is 2.49. The molecule has 2 aliphatic rings. The third-order valence-corrected chi connectivity index (χ3v) is 3.92. The van der Waals surface area contributed by atoms with Crippen LogP contribution >= 0.6 is 0 Å². The molecule has 1 saturated carbocycles. The number of benzene rings is 2. The first kappa shape index (κ1) is 15.3. The number of nitro benzene ring substituents is 1. The van der Waals surface area contributed by atoms with Gasteiger partial charge >= 0.3 is 5.97 Å². The lowest BCUT2D eigenvalue weighted by Crippen LogP contribution is -2.10. The number of hydrogen-bond acceptors (Lipinski definition) is 7. The molecule has 0 saturated heterocycles. The maximum Gasteiger partial charge on any atom is 0.343 e. The number of carbonyl (C=O) groups excluding carboxylic acids is 1. The first-order chi connectivity index (χ1) is 12.1. The standard InChI is InChI=1S/C17H14N2O6/c20-17(25-12-4-6-15-16(8-12)24-9-23-15)10-1-5-13(18-11-2-3-11)14(7-10)19(21)22/h1,4-8,11,18H,2-3,9H2. The number of esters is 1. The van der Waals surface area contributed by atoms with Gasteiger partial charge < -0.3 is 19.5 Å². The zero-order chi connectivity index (χ0) is 17.4. The molecular weight excluding hydrogens is 328 g/mol. The monoisotopic (exact) mass is 342 g/mol. The van der Waals surface area contributed by atoms with Gasteiger partial charge in [0, 0.05) is 18.2 Å². The van der Waals surface area contributed by atoms with Crippen molar-refractivity contribution in [2.24, 2.45) is 0 Å². The van der Waals surface area contributed by atoms with Crippen molar-refractivity contribution in [1.82, 2.24) is 0 Å². The largest absolute Gasteiger partial charge is 0.454 e. The predicted molar refractivity (Wildman–Crippen MR) is 87.3 cm³/mol. The fraction of sp³-hybridized carbons (Fsp3) is 0.235. The highest BCUT2D eigenvalue weighted by molar-refractivity contribution is 5.93. The van der Waals surface area contributed by atoms with E-state index in [-0.39, 0.29) is 29.8 Å². The van der Waals surface area contributed by atoms with Crippen LogP contribution in [0.2, 0.25) is 0 Å². The zero-order valence-corrected chi connectivity index (χ0v) is 13.1. The number of nitro groups is 1. The third kappa shape index (κ3) is 3.18. The van der Waals surface area contributed by atoms with Gasteiger partial charge in [0.15, 0.2) is 11.5 Å². The van der Waals surface area contributed by atoms with Crippen molar-refractivity contribution in [3.63, 3.8) is 0 Å². The Morgan fingerprint density at radius 1 is 1.16 bits per heavy atom. The van der Waals surface area contributed by atoms with E-state index >= 15 is 0 Å². The van der Waals surface area contributed by atoms with Crippen molar-refractivity contribution in [2.75, 3.05) is 12.1 Å². The smallest absolute Gasteiger partial charge is 0.343 e. The van der Waals surface area contributed by atoms with Crippen LogP contribution in [0.1, 0.15) is 23.2 Å². The Morgan fingerprint density at radius 2 is 1.96 bits per heavy atom. The summed E-state index contributed by atoms with van der Waals surface area (Å²) in [4.78, 5) is 23.1. The molecule has 0 radical (unpaired) electrons. The van der Waals surface area contributed by atoms with Crippen LogP contribution in [0, 0.1) is 10.1 Å². The molecule has 0 unspecified atom stereocenters. The lowest BCUT2D eigenvalue weighted by molar-refractivity contribution is -0.384. The molecule has 4 rings (SSSR count). The summed E-state index contributed by atoms with van der Waals surface area (Å²) < 4.78 is 15.7. The molecule has 8 heteroatoms. The third-order valence-electron chi connectivity index (χ3n) is 3.92. The van der Waals surface area contributed by atoms with E-state index in [1.807, 2.05) is 0 Å². The second-order valence-electron chi connectivity index (χ2n) is 5.81. The summed E-state index contributed by atoms with van der Waals surface area (Å²) >= 11 is 0. The van der Waals surface area contributed by atoms with Crippen LogP contribution in [-0.4, -0.2) is 23.7 Å². The van der Waals surface area contributed by atoms with Gasteiger partial charge in [-0.1, -0.05) is 0 Å². The quantitative estimate of drug-likeness (QED) is 0.386. The van der Waals surface area contributed by atoms with Gasteiger partial charge in [-0.15, -0.1) is 0 Å². The minimum absolute atomic E-state index is 0.103. The molecule has 0 aromatic heterocycles. The van der Waals surface area contributed by atoms with Crippen LogP contribution in [0.3, 0.4) is 0 Å². The number of anilines is 1. The maximum absolute atomic E-state index is 12.3. The van der Waals surface area contributed by atoms with E-state index in [1.54, 1.807) is 12.1 Å². The second kappa shape index (κ2) is 5.97. The van der Waals surface area contributed by atoms with E-state index < -0.39 is 10.9 Å². The molecule has 1 aliphatic carbocycles. The van der Waals surface area contributed by atoms with Gasteiger partial charge in [-0.25, -0.2) is 4.79 Å².